The van der Waals surface area contributed by atoms with Crippen LogP contribution < -0.4 is 0 Å². The zero-order valence-electron chi connectivity index (χ0n) is 21.8. The van der Waals surface area contributed by atoms with E-state index in [1.54, 1.807) is 38.1 Å². The van der Waals surface area contributed by atoms with Crippen LogP contribution in [0.4, 0.5) is 10.1 Å². The van der Waals surface area contributed by atoms with Gasteiger partial charge in [-0.05, 0) is 63.1 Å². The van der Waals surface area contributed by atoms with Crippen molar-refractivity contribution in [3.8, 4) is 0 Å². The quantitative estimate of drug-likeness (QED) is 0.176. The summed E-state index contributed by atoms with van der Waals surface area (Å²) in [6.45, 7) is 6.47. The van der Waals surface area contributed by atoms with Crippen LogP contribution in [0.5, 0.6) is 0 Å². The Labute approximate surface area is 220 Å². The van der Waals surface area contributed by atoms with Crippen LogP contribution in [0.15, 0.2) is 59.0 Å². The van der Waals surface area contributed by atoms with Gasteiger partial charge in [0.2, 0.25) is 5.91 Å². The van der Waals surface area contributed by atoms with E-state index in [0.29, 0.717) is 42.3 Å². The number of halogens is 1. The van der Waals surface area contributed by atoms with Crippen molar-refractivity contribution in [1.82, 2.24) is 9.80 Å². The second kappa shape index (κ2) is 13.5. The smallest absolute Gasteiger partial charge is 0.273 e. The highest BCUT2D eigenvalue weighted by molar-refractivity contribution is 5.97. The molecule has 0 spiro atoms. The molecule has 0 aliphatic carbocycles. The zero-order valence-corrected chi connectivity index (χ0v) is 21.8. The number of hydrogen-bond donors (Lipinski definition) is 0. The number of carbonyl (C=O) groups excluding carboxylic acids is 2. The van der Waals surface area contributed by atoms with Crippen LogP contribution in [0.3, 0.4) is 0 Å². The molecule has 2 aromatic carbocycles. The maximum atomic E-state index is 13.6. The number of ether oxygens (including phenoxy) is 1. The van der Waals surface area contributed by atoms with E-state index in [0.717, 1.165) is 0 Å². The number of furan rings is 1. The summed E-state index contributed by atoms with van der Waals surface area (Å²) in [6.07, 6.45) is 0.482. The molecule has 0 radical (unpaired) electrons. The van der Waals surface area contributed by atoms with Crippen molar-refractivity contribution in [1.29, 1.82) is 0 Å². The second-order valence-corrected chi connectivity index (χ2v) is 8.92. The Morgan fingerprint density at radius 3 is 2.39 bits per heavy atom. The second-order valence-electron chi connectivity index (χ2n) is 8.92. The number of aryl methyl sites for hydroxylation is 2. The molecule has 38 heavy (non-hydrogen) atoms. The summed E-state index contributed by atoms with van der Waals surface area (Å²) < 4.78 is 24.5. The summed E-state index contributed by atoms with van der Waals surface area (Å²) in [6, 6.07) is 13.7. The van der Waals surface area contributed by atoms with Crippen LogP contribution in [-0.2, 0) is 22.6 Å². The molecule has 0 saturated carbocycles. The SMILES string of the molecule is CCOCCCN(CC(=O)N(Cc1ccc(F)cc1)Cc1ccc(C)o1)C(=O)c1ccc(C)c([N+](=O)[O-])c1. The minimum Gasteiger partial charge on any atom is -0.464 e. The van der Waals surface area contributed by atoms with Gasteiger partial charge in [0.15, 0.2) is 0 Å². The summed E-state index contributed by atoms with van der Waals surface area (Å²) in [4.78, 5) is 40.8. The molecular formula is C28H32FN3O6. The summed E-state index contributed by atoms with van der Waals surface area (Å²) in [5, 5.41) is 11.4. The van der Waals surface area contributed by atoms with Crippen LogP contribution in [-0.4, -0.2) is 52.8 Å². The van der Waals surface area contributed by atoms with Gasteiger partial charge >= 0.3 is 0 Å². The van der Waals surface area contributed by atoms with Crippen LogP contribution in [0.2, 0.25) is 0 Å². The molecule has 0 N–H and O–H groups in total. The highest BCUT2D eigenvalue weighted by Gasteiger charge is 2.25. The van der Waals surface area contributed by atoms with E-state index in [4.69, 9.17) is 9.15 Å². The summed E-state index contributed by atoms with van der Waals surface area (Å²) in [7, 11) is 0. The maximum absolute atomic E-state index is 13.6. The van der Waals surface area contributed by atoms with Crippen molar-refractivity contribution in [2.24, 2.45) is 0 Å². The first kappa shape index (κ1) is 28.5. The first-order valence-electron chi connectivity index (χ1n) is 12.4. The lowest BCUT2D eigenvalue weighted by atomic mass is 10.1. The summed E-state index contributed by atoms with van der Waals surface area (Å²) in [5.74, 6) is 0.0408. The number of carbonyl (C=O) groups is 2. The molecule has 3 rings (SSSR count). The number of nitro benzene ring substituents is 1. The van der Waals surface area contributed by atoms with Crippen molar-refractivity contribution < 1.29 is 28.1 Å². The van der Waals surface area contributed by atoms with Crippen LogP contribution in [0, 0.1) is 29.8 Å². The molecule has 0 aliphatic heterocycles. The highest BCUT2D eigenvalue weighted by Crippen LogP contribution is 2.21. The first-order valence-corrected chi connectivity index (χ1v) is 12.4. The van der Waals surface area contributed by atoms with Gasteiger partial charge in [0.1, 0.15) is 23.9 Å². The fraction of sp³-hybridized carbons (Fsp3) is 0.357. The van der Waals surface area contributed by atoms with Gasteiger partial charge in [-0.3, -0.25) is 19.7 Å². The Morgan fingerprint density at radius 1 is 1.03 bits per heavy atom. The lowest BCUT2D eigenvalue weighted by Crippen LogP contribution is -2.43. The van der Waals surface area contributed by atoms with Crippen molar-refractivity contribution in [2.75, 3.05) is 26.3 Å². The largest absolute Gasteiger partial charge is 0.464 e. The van der Waals surface area contributed by atoms with Crippen molar-refractivity contribution in [3.63, 3.8) is 0 Å². The molecule has 1 aromatic heterocycles. The number of amides is 2. The zero-order chi connectivity index (χ0) is 27.7. The number of hydrogen-bond acceptors (Lipinski definition) is 6. The van der Waals surface area contributed by atoms with Gasteiger partial charge in [0.05, 0.1) is 11.5 Å². The number of rotatable bonds is 13. The Morgan fingerprint density at radius 2 is 1.76 bits per heavy atom. The Kier molecular flexibility index (Phi) is 10.1. The van der Waals surface area contributed by atoms with Crippen molar-refractivity contribution >= 4 is 17.5 Å². The number of nitro groups is 1. The van der Waals surface area contributed by atoms with Gasteiger partial charge in [-0.1, -0.05) is 18.2 Å². The standard InChI is InChI=1S/C28H32FN3O6/c1-4-37-15-5-14-30(28(34)23-10-6-20(2)26(16-23)32(35)36)19-27(33)31(18-25-13-7-21(3)38-25)17-22-8-11-24(29)12-9-22/h6-13,16H,4-5,14-15,17-19H2,1-3H3. The third-order valence-corrected chi connectivity index (χ3v) is 5.97. The molecular weight excluding hydrogens is 493 g/mol. The van der Waals surface area contributed by atoms with E-state index in [9.17, 15) is 24.1 Å². The van der Waals surface area contributed by atoms with E-state index in [1.807, 2.05) is 6.92 Å². The first-order chi connectivity index (χ1) is 18.2. The van der Waals surface area contributed by atoms with Gasteiger partial charge in [0.25, 0.3) is 11.6 Å². The van der Waals surface area contributed by atoms with Crippen LogP contribution in [0.25, 0.3) is 0 Å². The molecule has 0 unspecified atom stereocenters. The fourth-order valence-corrected chi connectivity index (χ4v) is 3.94. The Hall–Kier alpha value is -4.05. The Bertz CT molecular complexity index is 1260. The van der Waals surface area contributed by atoms with Gasteiger partial charge in [-0.2, -0.15) is 0 Å². The van der Waals surface area contributed by atoms with E-state index in [-0.39, 0.29) is 49.2 Å². The van der Waals surface area contributed by atoms with Crippen LogP contribution in [0.1, 0.15) is 46.3 Å². The van der Waals surface area contributed by atoms with Crippen LogP contribution >= 0.6 is 0 Å². The molecule has 0 aliphatic rings. The average molecular weight is 526 g/mol. The third-order valence-electron chi connectivity index (χ3n) is 5.97. The van der Waals surface area contributed by atoms with Crippen molar-refractivity contribution in [3.05, 3.63) is 98.7 Å². The average Bonchev–Trinajstić information content (AvgIpc) is 3.30. The minimum absolute atomic E-state index is 0.123. The van der Waals surface area contributed by atoms with E-state index < -0.39 is 10.8 Å². The molecule has 202 valence electrons. The molecule has 0 saturated heterocycles. The molecule has 0 fully saturated rings. The molecule has 1 heterocycles. The topological polar surface area (TPSA) is 106 Å². The number of nitrogens with zero attached hydrogens (tertiary/aromatic N) is 3. The van der Waals surface area contributed by atoms with Gasteiger partial charge in [-0.25, -0.2) is 4.39 Å². The minimum atomic E-state index is -0.535. The third kappa shape index (κ3) is 7.97. The van der Waals surface area contributed by atoms with E-state index in [2.05, 4.69) is 0 Å². The predicted octanol–water partition coefficient (Wildman–Crippen LogP) is 5.04. The van der Waals surface area contributed by atoms with Gasteiger partial charge in [-0.15, -0.1) is 0 Å². The lowest BCUT2D eigenvalue weighted by Gasteiger charge is -2.27. The highest BCUT2D eigenvalue weighted by atomic mass is 19.1. The molecule has 2 amide bonds. The molecule has 0 atom stereocenters. The molecule has 10 heteroatoms. The Balaban J connectivity index is 1.85. The maximum Gasteiger partial charge on any atom is 0.273 e. The molecule has 9 nitrogen and oxygen atoms in total. The fourth-order valence-electron chi connectivity index (χ4n) is 3.94. The van der Waals surface area contributed by atoms with E-state index >= 15 is 0 Å². The monoisotopic (exact) mass is 525 g/mol. The number of benzene rings is 2. The van der Waals surface area contributed by atoms with E-state index in [1.165, 1.54) is 40.1 Å². The summed E-state index contributed by atoms with van der Waals surface area (Å²) >= 11 is 0. The normalized spacial score (nSPS) is 10.8. The van der Waals surface area contributed by atoms with Gasteiger partial charge < -0.3 is 19.0 Å². The molecule has 3 aromatic rings. The lowest BCUT2D eigenvalue weighted by molar-refractivity contribution is -0.385. The molecule has 0 bridgehead atoms. The van der Waals surface area contributed by atoms with Gasteiger partial charge in [0, 0.05) is 43.5 Å². The summed E-state index contributed by atoms with van der Waals surface area (Å²) in [5.41, 5.74) is 1.11. The van der Waals surface area contributed by atoms with Crippen molar-refractivity contribution in [2.45, 2.75) is 40.3 Å². The predicted molar refractivity (Wildman–Crippen MR) is 139 cm³/mol.